The molecule has 0 fully saturated rings. The molecule has 0 spiro atoms. The smallest absolute Gasteiger partial charge is 0.416 e. The molecule has 3 rings (SSSR count). The van der Waals surface area contributed by atoms with Crippen molar-refractivity contribution in [1.29, 1.82) is 0 Å². The Bertz CT molecular complexity index is 1100. The van der Waals surface area contributed by atoms with Crippen LogP contribution in [-0.4, -0.2) is 18.7 Å². The van der Waals surface area contributed by atoms with Crippen LogP contribution in [0.3, 0.4) is 0 Å². The molecule has 32 heavy (non-hydrogen) atoms. The topological polar surface area (TPSA) is 44.8 Å². The minimum absolute atomic E-state index is 0.106. The standard InChI is InChI=1S/C24H22ClF3O4/c1-3-4-11-30-23(29)15(2)31-19-8-5-16-6-9-20(13-17(16)12-19)32-22-10-7-18(14-21(22)25)24(26,27)28/h5-10,12-15H,3-4,11H2,1-2H3. The van der Waals surface area contributed by atoms with Crippen LogP contribution in [0, 0.1) is 0 Å². The van der Waals surface area contributed by atoms with E-state index >= 15 is 0 Å². The highest BCUT2D eigenvalue weighted by Crippen LogP contribution is 2.37. The number of benzene rings is 3. The van der Waals surface area contributed by atoms with Crippen LogP contribution in [0.25, 0.3) is 10.8 Å². The summed E-state index contributed by atoms with van der Waals surface area (Å²) in [5, 5.41) is 1.50. The van der Waals surface area contributed by atoms with Crippen LogP contribution >= 0.6 is 11.6 Å². The van der Waals surface area contributed by atoms with Gasteiger partial charge >= 0.3 is 12.1 Å². The summed E-state index contributed by atoms with van der Waals surface area (Å²) in [6.07, 6.45) is -3.54. The van der Waals surface area contributed by atoms with Crippen LogP contribution < -0.4 is 9.47 Å². The van der Waals surface area contributed by atoms with Crippen molar-refractivity contribution in [3.8, 4) is 17.2 Å². The Morgan fingerprint density at radius 3 is 2.34 bits per heavy atom. The molecule has 1 atom stereocenters. The molecule has 8 heteroatoms. The number of unbranched alkanes of at least 4 members (excludes halogenated alkanes) is 1. The van der Waals surface area contributed by atoms with Crippen LogP contribution in [-0.2, 0) is 15.7 Å². The Morgan fingerprint density at radius 1 is 1.00 bits per heavy atom. The van der Waals surface area contributed by atoms with E-state index in [0.717, 1.165) is 35.7 Å². The summed E-state index contributed by atoms with van der Waals surface area (Å²) in [7, 11) is 0. The first-order chi connectivity index (χ1) is 15.2. The Balaban J connectivity index is 1.75. The number of rotatable bonds is 8. The minimum atomic E-state index is -4.49. The first-order valence-corrected chi connectivity index (χ1v) is 10.5. The van der Waals surface area contributed by atoms with Crippen molar-refractivity contribution in [2.45, 2.75) is 39.0 Å². The molecule has 170 valence electrons. The highest BCUT2D eigenvalue weighted by Gasteiger charge is 2.31. The summed E-state index contributed by atoms with van der Waals surface area (Å²) < 4.78 is 55.0. The van der Waals surface area contributed by atoms with E-state index in [1.54, 1.807) is 37.3 Å². The molecule has 0 radical (unpaired) electrons. The molecule has 0 aliphatic carbocycles. The van der Waals surface area contributed by atoms with Gasteiger partial charge in [-0.1, -0.05) is 37.1 Å². The molecule has 0 amide bonds. The average molecular weight is 467 g/mol. The molecule has 1 unspecified atom stereocenters. The van der Waals surface area contributed by atoms with Gasteiger partial charge in [-0.05, 0) is 66.6 Å². The van der Waals surface area contributed by atoms with E-state index in [4.69, 9.17) is 25.8 Å². The van der Waals surface area contributed by atoms with E-state index in [1.165, 1.54) is 6.07 Å². The molecule has 0 aromatic heterocycles. The highest BCUT2D eigenvalue weighted by atomic mass is 35.5. The van der Waals surface area contributed by atoms with Crippen molar-refractivity contribution in [3.63, 3.8) is 0 Å². The molecule has 0 heterocycles. The summed E-state index contributed by atoms with van der Waals surface area (Å²) in [6, 6.07) is 13.4. The zero-order chi connectivity index (χ0) is 23.3. The molecular formula is C24H22ClF3O4. The lowest BCUT2D eigenvalue weighted by Gasteiger charge is -2.15. The van der Waals surface area contributed by atoms with E-state index < -0.39 is 23.8 Å². The maximum absolute atomic E-state index is 12.8. The Labute approximate surface area is 188 Å². The molecule has 0 saturated heterocycles. The van der Waals surface area contributed by atoms with E-state index in [9.17, 15) is 18.0 Å². The first-order valence-electron chi connectivity index (χ1n) is 10.1. The molecule has 0 aliphatic heterocycles. The third-order valence-corrected chi connectivity index (χ3v) is 4.95. The summed E-state index contributed by atoms with van der Waals surface area (Å²) >= 11 is 5.97. The van der Waals surface area contributed by atoms with Gasteiger partial charge in [-0.15, -0.1) is 0 Å². The van der Waals surface area contributed by atoms with Gasteiger partial charge < -0.3 is 14.2 Å². The second-order valence-electron chi connectivity index (χ2n) is 7.20. The number of hydrogen-bond acceptors (Lipinski definition) is 4. The number of carbonyl (C=O) groups is 1. The van der Waals surface area contributed by atoms with Crippen molar-refractivity contribution in [2.24, 2.45) is 0 Å². The highest BCUT2D eigenvalue weighted by molar-refractivity contribution is 6.32. The number of fused-ring (bicyclic) bond motifs is 1. The molecule has 4 nitrogen and oxygen atoms in total. The molecule has 0 bridgehead atoms. The fourth-order valence-corrected chi connectivity index (χ4v) is 3.13. The van der Waals surface area contributed by atoms with Gasteiger partial charge in [-0.2, -0.15) is 13.2 Å². The van der Waals surface area contributed by atoms with Crippen LogP contribution in [0.5, 0.6) is 17.2 Å². The van der Waals surface area contributed by atoms with Crippen molar-refractivity contribution in [3.05, 3.63) is 65.2 Å². The van der Waals surface area contributed by atoms with E-state index in [-0.39, 0.29) is 10.8 Å². The Morgan fingerprint density at radius 2 is 1.69 bits per heavy atom. The van der Waals surface area contributed by atoms with Gasteiger partial charge in [0.1, 0.15) is 17.2 Å². The molecule has 0 N–H and O–H groups in total. The van der Waals surface area contributed by atoms with Gasteiger partial charge in [-0.3, -0.25) is 0 Å². The van der Waals surface area contributed by atoms with Crippen LogP contribution in [0.2, 0.25) is 5.02 Å². The van der Waals surface area contributed by atoms with Crippen LogP contribution in [0.1, 0.15) is 32.3 Å². The predicted molar refractivity (Wildman–Crippen MR) is 116 cm³/mol. The number of halogens is 4. The zero-order valence-corrected chi connectivity index (χ0v) is 18.3. The third kappa shape index (κ3) is 6.07. The van der Waals surface area contributed by atoms with Gasteiger partial charge in [0.15, 0.2) is 6.10 Å². The number of hydrogen-bond donors (Lipinski definition) is 0. The van der Waals surface area contributed by atoms with Crippen molar-refractivity contribution >= 4 is 28.3 Å². The monoisotopic (exact) mass is 466 g/mol. The fourth-order valence-electron chi connectivity index (χ4n) is 2.91. The first kappa shape index (κ1) is 23.7. The molecule has 3 aromatic rings. The fraction of sp³-hybridized carbons (Fsp3) is 0.292. The lowest BCUT2D eigenvalue weighted by atomic mass is 10.1. The summed E-state index contributed by atoms with van der Waals surface area (Å²) in [5.41, 5.74) is -0.850. The van der Waals surface area contributed by atoms with E-state index in [1.807, 2.05) is 13.0 Å². The predicted octanol–water partition coefficient (Wildman–Crippen LogP) is 7.41. The quantitative estimate of drug-likeness (QED) is 0.256. The average Bonchev–Trinajstić information content (AvgIpc) is 2.74. The van der Waals surface area contributed by atoms with Crippen LogP contribution in [0.15, 0.2) is 54.6 Å². The summed E-state index contributed by atoms with van der Waals surface area (Å²) in [6.45, 7) is 3.98. The van der Waals surface area contributed by atoms with Gasteiger partial charge in [-0.25, -0.2) is 4.79 Å². The lowest BCUT2D eigenvalue weighted by Crippen LogP contribution is -2.26. The van der Waals surface area contributed by atoms with Gasteiger partial charge in [0.05, 0.1) is 17.2 Å². The number of ether oxygens (including phenoxy) is 3. The number of esters is 1. The van der Waals surface area contributed by atoms with Crippen molar-refractivity contribution in [1.82, 2.24) is 0 Å². The van der Waals surface area contributed by atoms with Gasteiger partial charge in [0, 0.05) is 0 Å². The number of carbonyl (C=O) groups excluding carboxylic acids is 1. The lowest BCUT2D eigenvalue weighted by molar-refractivity contribution is -0.151. The third-order valence-electron chi connectivity index (χ3n) is 4.66. The SMILES string of the molecule is CCCCOC(=O)C(C)Oc1ccc2ccc(Oc3ccc(C(F)(F)F)cc3Cl)cc2c1. The second-order valence-corrected chi connectivity index (χ2v) is 7.60. The van der Waals surface area contributed by atoms with E-state index in [0.29, 0.717) is 18.1 Å². The maximum atomic E-state index is 12.8. The van der Waals surface area contributed by atoms with Gasteiger partial charge in [0.2, 0.25) is 0 Å². The number of alkyl halides is 3. The summed E-state index contributed by atoms with van der Waals surface area (Å²) in [5.74, 6) is 0.535. The van der Waals surface area contributed by atoms with Gasteiger partial charge in [0.25, 0.3) is 0 Å². The normalized spacial score (nSPS) is 12.4. The Kier molecular flexibility index (Phi) is 7.51. The zero-order valence-electron chi connectivity index (χ0n) is 17.5. The maximum Gasteiger partial charge on any atom is 0.416 e. The largest absolute Gasteiger partial charge is 0.479 e. The minimum Gasteiger partial charge on any atom is -0.479 e. The van der Waals surface area contributed by atoms with E-state index in [2.05, 4.69) is 0 Å². The Hall–Kier alpha value is -2.93. The molecule has 0 aliphatic rings. The summed E-state index contributed by atoms with van der Waals surface area (Å²) in [4.78, 5) is 12.0. The van der Waals surface area contributed by atoms with Crippen molar-refractivity contribution in [2.75, 3.05) is 6.61 Å². The molecule has 3 aromatic carbocycles. The van der Waals surface area contributed by atoms with Crippen molar-refractivity contribution < 1.29 is 32.2 Å². The molecule has 0 saturated carbocycles. The van der Waals surface area contributed by atoms with Crippen LogP contribution in [0.4, 0.5) is 13.2 Å². The molecular weight excluding hydrogens is 445 g/mol. The second kappa shape index (κ2) is 10.1.